The molecule has 0 bridgehead atoms. The zero-order valence-corrected chi connectivity index (χ0v) is 8.47. The molecule has 0 fully saturated rings. The average Bonchev–Trinajstić information content (AvgIpc) is 2.50. The fraction of sp³-hybridized carbons (Fsp3) is 0.750. The second-order valence-electron chi connectivity index (χ2n) is 2.69. The molecule has 1 rings (SSSR count). The standard InChI is InChI=1S/C8H15N3S/c1-3-4-8-7-9-10-11(8)5-6-12-2/h7H,3-6H2,1-2H3. The number of hydrogen-bond donors (Lipinski definition) is 0. The fourth-order valence-corrected chi connectivity index (χ4v) is 1.45. The van der Waals surface area contributed by atoms with E-state index >= 15 is 0 Å². The summed E-state index contributed by atoms with van der Waals surface area (Å²) < 4.78 is 2.00. The summed E-state index contributed by atoms with van der Waals surface area (Å²) in [7, 11) is 0. The van der Waals surface area contributed by atoms with Gasteiger partial charge in [0.2, 0.25) is 0 Å². The van der Waals surface area contributed by atoms with Gasteiger partial charge in [-0.25, -0.2) is 4.68 Å². The van der Waals surface area contributed by atoms with Crippen LogP contribution in [0.15, 0.2) is 6.20 Å². The Balaban J connectivity index is 2.51. The molecule has 1 aromatic heterocycles. The Hall–Kier alpha value is -0.510. The van der Waals surface area contributed by atoms with E-state index in [4.69, 9.17) is 0 Å². The molecule has 0 unspecified atom stereocenters. The molecule has 0 radical (unpaired) electrons. The lowest BCUT2D eigenvalue weighted by atomic mass is 10.3. The predicted molar refractivity (Wildman–Crippen MR) is 52.4 cm³/mol. The van der Waals surface area contributed by atoms with Crippen LogP contribution in [0.2, 0.25) is 0 Å². The number of nitrogens with zero attached hydrogens (tertiary/aromatic N) is 3. The first kappa shape index (κ1) is 9.58. The van der Waals surface area contributed by atoms with E-state index in [1.807, 2.05) is 22.6 Å². The molecule has 1 aromatic rings. The third-order valence-corrected chi connectivity index (χ3v) is 2.30. The number of hydrogen-bond acceptors (Lipinski definition) is 3. The van der Waals surface area contributed by atoms with Crippen LogP contribution in [-0.4, -0.2) is 27.0 Å². The van der Waals surface area contributed by atoms with E-state index in [-0.39, 0.29) is 0 Å². The number of rotatable bonds is 5. The first-order valence-corrected chi connectivity index (χ1v) is 5.64. The van der Waals surface area contributed by atoms with E-state index in [9.17, 15) is 0 Å². The van der Waals surface area contributed by atoms with Crippen molar-refractivity contribution in [3.05, 3.63) is 11.9 Å². The molecule has 0 aliphatic rings. The highest BCUT2D eigenvalue weighted by atomic mass is 32.2. The summed E-state index contributed by atoms with van der Waals surface area (Å²) in [5.41, 5.74) is 1.26. The Morgan fingerprint density at radius 1 is 1.58 bits per heavy atom. The molecule has 12 heavy (non-hydrogen) atoms. The Labute approximate surface area is 77.5 Å². The molecule has 0 aliphatic heterocycles. The van der Waals surface area contributed by atoms with Gasteiger partial charge in [-0.05, 0) is 12.7 Å². The SMILES string of the molecule is CCCc1cnnn1CCSC. The van der Waals surface area contributed by atoms with Crippen molar-refractivity contribution in [3.8, 4) is 0 Å². The van der Waals surface area contributed by atoms with Crippen molar-refractivity contribution >= 4 is 11.8 Å². The second kappa shape index (κ2) is 5.19. The van der Waals surface area contributed by atoms with E-state index in [0.29, 0.717) is 0 Å². The van der Waals surface area contributed by atoms with Gasteiger partial charge in [-0.2, -0.15) is 11.8 Å². The van der Waals surface area contributed by atoms with Crippen LogP contribution in [0.4, 0.5) is 0 Å². The lowest BCUT2D eigenvalue weighted by Gasteiger charge is -2.02. The van der Waals surface area contributed by atoms with E-state index in [1.165, 1.54) is 5.69 Å². The van der Waals surface area contributed by atoms with Crippen LogP contribution in [0.5, 0.6) is 0 Å². The third kappa shape index (κ3) is 2.52. The number of aryl methyl sites for hydroxylation is 2. The van der Waals surface area contributed by atoms with Crippen LogP contribution >= 0.6 is 11.8 Å². The first-order valence-electron chi connectivity index (χ1n) is 4.24. The van der Waals surface area contributed by atoms with E-state index in [0.717, 1.165) is 25.1 Å². The molecule has 0 aromatic carbocycles. The van der Waals surface area contributed by atoms with Crippen molar-refractivity contribution in [2.75, 3.05) is 12.0 Å². The normalized spacial score (nSPS) is 10.5. The van der Waals surface area contributed by atoms with Gasteiger partial charge in [-0.1, -0.05) is 18.6 Å². The molecular formula is C8H15N3S. The first-order chi connectivity index (χ1) is 5.88. The highest BCUT2D eigenvalue weighted by Crippen LogP contribution is 2.02. The number of thioether (sulfide) groups is 1. The topological polar surface area (TPSA) is 30.7 Å². The molecule has 0 N–H and O–H groups in total. The predicted octanol–water partition coefficient (Wildman–Crippen LogP) is 1.59. The summed E-state index contributed by atoms with van der Waals surface area (Å²) in [6, 6.07) is 0. The van der Waals surface area contributed by atoms with E-state index in [1.54, 1.807) is 0 Å². The zero-order valence-electron chi connectivity index (χ0n) is 7.66. The molecule has 3 nitrogen and oxygen atoms in total. The van der Waals surface area contributed by atoms with Crippen molar-refractivity contribution in [2.24, 2.45) is 0 Å². The van der Waals surface area contributed by atoms with Gasteiger partial charge in [0.25, 0.3) is 0 Å². The molecule has 0 amide bonds. The Kier molecular flexibility index (Phi) is 4.14. The van der Waals surface area contributed by atoms with Crippen LogP contribution in [0, 0.1) is 0 Å². The molecule has 0 atom stereocenters. The highest BCUT2D eigenvalue weighted by molar-refractivity contribution is 7.98. The summed E-state index contributed by atoms with van der Waals surface area (Å²) >= 11 is 1.84. The third-order valence-electron chi connectivity index (χ3n) is 1.71. The highest BCUT2D eigenvalue weighted by Gasteiger charge is 2.00. The largest absolute Gasteiger partial charge is 0.249 e. The van der Waals surface area contributed by atoms with Gasteiger partial charge in [-0.3, -0.25) is 0 Å². The lowest BCUT2D eigenvalue weighted by molar-refractivity contribution is 0.598. The Bertz CT molecular complexity index is 222. The smallest absolute Gasteiger partial charge is 0.0725 e. The van der Waals surface area contributed by atoms with Crippen molar-refractivity contribution < 1.29 is 0 Å². The zero-order chi connectivity index (χ0) is 8.81. The number of aromatic nitrogens is 3. The Morgan fingerprint density at radius 2 is 2.42 bits per heavy atom. The van der Waals surface area contributed by atoms with E-state index < -0.39 is 0 Å². The van der Waals surface area contributed by atoms with Gasteiger partial charge in [0, 0.05) is 5.75 Å². The van der Waals surface area contributed by atoms with Gasteiger partial charge < -0.3 is 0 Å². The van der Waals surface area contributed by atoms with Crippen molar-refractivity contribution in [1.82, 2.24) is 15.0 Å². The van der Waals surface area contributed by atoms with Gasteiger partial charge >= 0.3 is 0 Å². The minimum absolute atomic E-state index is 0.983. The molecule has 68 valence electrons. The average molecular weight is 185 g/mol. The second-order valence-corrected chi connectivity index (χ2v) is 3.68. The maximum atomic E-state index is 4.03. The fourth-order valence-electron chi connectivity index (χ4n) is 1.09. The quantitative estimate of drug-likeness (QED) is 0.698. The molecule has 0 saturated heterocycles. The van der Waals surface area contributed by atoms with Crippen LogP contribution in [0.3, 0.4) is 0 Å². The molecule has 4 heteroatoms. The maximum Gasteiger partial charge on any atom is 0.0725 e. The minimum atomic E-state index is 0.983. The van der Waals surface area contributed by atoms with Crippen molar-refractivity contribution in [3.63, 3.8) is 0 Å². The monoisotopic (exact) mass is 185 g/mol. The molecular weight excluding hydrogens is 170 g/mol. The van der Waals surface area contributed by atoms with E-state index in [2.05, 4.69) is 23.5 Å². The van der Waals surface area contributed by atoms with Gasteiger partial charge in [0.1, 0.15) is 0 Å². The molecule has 0 spiro atoms. The van der Waals surface area contributed by atoms with Crippen LogP contribution < -0.4 is 0 Å². The van der Waals surface area contributed by atoms with Crippen molar-refractivity contribution in [2.45, 2.75) is 26.3 Å². The van der Waals surface area contributed by atoms with Crippen LogP contribution in [0.25, 0.3) is 0 Å². The molecule has 1 heterocycles. The van der Waals surface area contributed by atoms with Crippen LogP contribution in [0.1, 0.15) is 19.0 Å². The summed E-state index contributed by atoms with van der Waals surface area (Å²) in [6.07, 6.45) is 6.22. The Morgan fingerprint density at radius 3 is 3.08 bits per heavy atom. The molecule has 0 aliphatic carbocycles. The summed E-state index contributed by atoms with van der Waals surface area (Å²) in [4.78, 5) is 0. The van der Waals surface area contributed by atoms with Gasteiger partial charge in [0.05, 0.1) is 18.4 Å². The van der Waals surface area contributed by atoms with Crippen LogP contribution in [-0.2, 0) is 13.0 Å². The van der Waals surface area contributed by atoms with Crippen molar-refractivity contribution in [1.29, 1.82) is 0 Å². The molecule has 0 saturated carbocycles. The summed E-state index contributed by atoms with van der Waals surface area (Å²) in [5.74, 6) is 1.11. The minimum Gasteiger partial charge on any atom is -0.249 e. The lowest BCUT2D eigenvalue weighted by Crippen LogP contribution is -2.06. The maximum absolute atomic E-state index is 4.03. The van der Waals surface area contributed by atoms with Gasteiger partial charge in [-0.15, -0.1) is 5.10 Å². The van der Waals surface area contributed by atoms with Gasteiger partial charge in [0.15, 0.2) is 0 Å². The summed E-state index contributed by atoms with van der Waals surface area (Å²) in [5, 5.41) is 7.92. The summed E-state index contributed by atoms with van der Waals surface area (Å²) in [6.45, 7) is 3.16.